The molecule has 0 bridgehead atoms. The van der Waals surface area contributed by atoms with Crippen molar-refractivity contribution in [2.75, 3.05) is 61.2 Å². The first-order chi connectivity index (χ1) is 25.1. The maximum atomic E-state index is 13.7. The van der Waals surface area contributed by atoms with E-state index in [1.54, 1.807) is 43.5 Å². The van der Waals surface area contributed by atoms with E-state index in [4.69, 9.17) is 42.1 Å². The normalized spacial score (nSPS) is 16.2. The summed E-state index contributed by atoms with van der Waals surface area (Å²) >= 11 is 14.6. The lowest BCUT2D eigenvalue weighted by molar-refractivity contribution is -0.148. The van der Waals surface area contributed by atoms with Gasteiger partial charge in [-0.3, -0.25) is 10.2 Å². The fourth-order valence-corrected chi connectivity index (χ4v) is 7.62. The zero-order chi connectivity index (χ0) is 37.2. The Labute approximate surface area is 319 Å². The molecule has 1 fully saturated rings. The summed E-state index contributed by atoms with van der Waals surface area (Å²) in [5.41, 5.74) is 2.85. The van der Waals surface area contributed by atoms with Gasteiger partial charge in [-0.1, -0.05) is 59.6 Å². The van der Waals surface area contributed by atoms with Gasteiger partial charge < -0.3 is 29.0 Å². The van der Waals surface area contributed by atoms with Gasteiger partial charge in [-0.25, -0.2) is 9.59 Å². The van der Waals surface area contributed by atoms with Crippen molar-refractivity contribution in [3.63, 3.8) is 0 Å². The number of likely N-dealkylation sites (N-methyl/N-ethyl adjacent to an activating group) is 2. The van der Waals surface area contributed by atoms with Crippen LogP contribution in [0.4, 0.5) is 0 Å². The van der Waals surface area contributed by atoms with Crippen molar-refractivity contribution in [3.05, 3.63) is 115 Å². The molecule has 10 nitrogen and oxygen atoms in total. The topological polar surface area (TPSA) is 110 Å². The van der Waals surface area contributed by atoms with Crippen LogP contribution in [0.5, 0.6) is 11.5 Å². The molecule has 3 aromatic carbocycles. The highest BCUT2D eigenvalue weighted by molar-refractivity contribution is 7.13. The lowest BCUT2D eigenvalue weighted by atomic mass is 9.99. The number of aliphatic hydroxyl groups is 1. The van der Waals surface area contributed by atoms with E-state index < -0.39 is 18.1 Å². The lowest BCUT2D eigenvalue weighted by Crippen LogP contribution is -2.52. The fraction of sp³-hybridized carbons (Fsp3) is 0.385. The minimum Gasteiger partial charge on any atom is -0.493 e. The molecule has 1 aliphatic rings. The maximum Gasteiger partial charge on any atom is 0.348 e. The first-order valence-electron chi connectivity index (χ1n) is 17.0. The number of methoxy groups -OCH3 is 2. The molecule has 278 valence electrons. The van der Waals surface area contributed by atoms with Gasteiger partial charge in [0.1, 0.15) is 23.6 Å². The van der Waals surface area contributed by atoms with Gasteiger partial charge in [0.05, 0.1) is 20.3 Å². The zero-order valence-corrected chi connectivity index (χ0v) is 32.1. The average Bonchev–Trinajstić information content (AvgIpc) is 3.62. The Kier molecular flexibility index (Phi) is 14.4. The zero-order valence-electron chi connectivity index (χ0n) is 29.8. The summed E-state index contributed by atoms with van der Waals surface area (Å²) in [6.07, 6.45) is -0.187. The van der Waals surface area contributed by atoms with Crippen molar-refractivity contribution < 1.29 is 33.6 Å². The van der Waals surface area contributed by atoms with E-state index in [2.05, 4.69) is 29.2 Å². The van der Waals surface area contributed by atoms with E-state index in [9.17, 15) is 14.7 Å². The molecule has 13 heteroatoms. The van der Waals surface area contributed by atoms with Gasteiger partial charge in [0.2, 0.25) is 0 Å². The van der Waals surface area contributed by atoms with Crippen LogP contribution in [0.15, 0.2) is 72.8 Å². The smallest absolute Gasteiger partial charge is 0.348 e. The van der Waals surface area contributed by atoms with E-state index in [1.807, 2.05) is 36.4 Å². The Balaban J connectivity index is 1.31. The number of hydrogen-bond acceptors (Lipinski definition) is 11. The van der Waals surface area contributed by atoms with Crippen molar-refractivity contribution in [2.45, 2.75) is 37.6 Å². The first kappa shape index (κ1) is 39.5. The average molecular weight is 771 g/mol. The number of nitrogens with zero attached hydrogens (tertiary/aromatic N) is 2. The summed E-state index contributed by atoms with van der Waals surface area (Å²) in [6, 6.07) is 21.3. The Hall–Kier alpha value is -3.68. The predicted molar refractivity (Wildman–Crippen MR) is 204 cm³/mol. The summed E-state index contributed by atoms with van der Waals surface area (Å²) in [5.74, 6) is 0.123. The molecular weight excluding hydrogens is 725 g/mol. The van der Waals surface area contributed by atoms with Crippen LogP contribution in [0.3, 0.4) is 0 Å². The standard InChI is InChI=1S/C39H45Cl2N3O7S/c1-43-15-16-44(2)28(23-43)24-50-39(47)37(26-8-6-5-7-9-26)42-22-29-11-13-36(52-29)38(46)51-34(27-10-12-33(48-3)35(20-27)49-4)21-30-31(40)18-25(14-17-45)19-32(30)41/h5-13,18-20,28,34,37,42,45H,14-17,21-24H2,1-4H3/t28-,34-,37?/m0/s1. The number of rotatable bonds is 16. The lowest BCUT2D eigenvalue weighted by Gasteiger charge is -2.37. The van der Waals surface area contributed by atoms with Crippen LogP contribution in [0.1, 0.15) is 48.9 Å². The van der Waals surface area contributed by atoms with Crippen molar-refractivity contribution in [1.82, 2.24) is 15.1 Å². The van der Waals surface area contributed by atoms with Crippen molar-refractivity contribution >= 4 is 46.5 Å². The van der Waals surface area contributed by atoms with Gasteiger partial charge in [0, 0.05) is 54.1 Å². The van der Waals surface area contributed by atoms with Gasteiger partial charge >= 0.3 is 11.9 Å². The number of benzene rings is 3. The van der Waals surface area contributed by atoms with E-state index in [1.165, 1.54) is 18.4 Å². The Morgan fingerprint density at radius 2 is 1.67 bits per heavy atom. The maximum absolute atomic E-state index is 13.7. The number of carbonyl (C=O) groups is 2. The van der Waals surface area contributed by atoms with Gasteiger partial charge in [-0.05, 0) is 79.2 Å². The molecule has 1 aromatic heterocycles. The highest BCUT2D eigenvalue weighted by Crippen LogP contribution is 2.37. The number of aliphatic hydroxyl groups excluding tert-OH is 1. The molecule has 1 aliphatic heterocycles. The van der Waals surface area contributed by atoms with Crippen LogP contribution in [0.2, 0.25) is 10.0 Å². The number of nitrogens with one attached hydrogen (secondary N) is 1. The van der Waals surface area contributed by atoms with Crippen LogP contribution >= 0.6 is 34.5 Å². The summed E-state index contributed by atoms with van der Waals surface area (Å²) in [6.45, 7) is 3.30. The molecule has 0 amide bonds. The van der Waals surface area contributed by atoms with Gasteiger partial charge in [-0.15, -0.1) is 11.3 Å². The number of thiophene rings is 1. The van der Waals surface area contributed by atoms with E-state index in [-0.39, 0.29) is 25.0 Å². The van der Waals surface area contributed by atoms with Crippen LogP contribution in [-0.4, -0.2) is 94.0 Å². The van der Waals surface area contributed by atoms with Crippen LogP contribution in [0, 0.1) is 0 Å². The summed E-state index contributed by atoms with van der Waals surface area (Å²) in [7, 11) is 7.20. The monoisotopic (exact) mass is 769 g/mol. The number of hydrogen-bond donors (Lipinski definition) is 2. The fourth-order valence-electron chi connectivity index (χ4n) is 6.09. The van der Waals surface area contributed by atoms with Crippen molar-refractivity contribution in [1.29, 1.82) is 0 Å². The molecule has 5 rings (SSSR count). The molecule has 0 spiro atoms. The predicted octanol–water partition coefficient (Wildman–Crippen LogP) is 6.37. The molecule has 3 atom stereocenters. The third-order valence-corrected chi connectivity index (χ3v) is 10.9. The minimum absolute atomic E-state index is 0.0382. The van der Waals surface area contributed by atoms with Crippen molar-refractivity contribution in [3.8, 4) is 11.5 Å². The van der Waals surface area contributed by atoms with Crippen molar-refractivity contribution in [2.24, 2.45) is 0 Å². The number of ether oxygens (including phenoxy) is 4. The highest BCUT2D eigenvalue weighted by atomic mass is 35.5. The molecular formula is C39H45Cl2N3O7S. The molecule has 0 saturated carbocycles. The second-order valence-electron chi connectivity index (χ2n) is 12.7. The van der Waals surface area contributed by atoms with Crippen LogP contribution in [0.25, 0.3) is 0 Å². The second-order valence-corrected chi connectivity index (χ2v) is 14.7. The summed E-state index contributed by atoms with van der Waals surface area (Å²) in [4.78, 5) is 32.9. The number of carbonyl (C=O) groups excluding carboxylic acids is 2. The van der Waals surface area contributed by atoms with E-state index in [0.717, 1.165) is 35.6 Å². The molecule has 1 saturated heterocycles. The van der Waals surface area contributed by atoms with Crippen LogP contribution < -0.4 is 14.8 Å². The van der Waals surface area contributed by atoms with Gasteiger partial charge in [0.25, 0.3) is 0 Å². The van der Waals surface area contributed by atoms with E-state index in [0.29, 0.717) is 57.1 Å². The molecule has 52 heavy (non-hydrogen) atoms. The summed E-state index contributed by atoms with van der Waals surface area (Å²) in [5, 5.41) is 13.6. The molecule has 0 aliphatic carbocycles. The highest BCUT2D eigenvalue weighted by Gasteiger charge is 2.28. The SMILES string of the molecule is COc1ccc([C@H](Cc2c(Cl)cc(CCO)cc2Cl)OC(=O)c2ccc(CNC(C(=O)OC[C@@H]3CN(C)CCN3C)c3ccccc3)s2)cc1OC. The number of halogens is 2. The molecule has 0 radical (unpaired) electrons. The van der Waals surface area contributed by atoms with Crippen LogP contribution in [-0.2, 0) is 33.7 Å². The summed E-state index contributed by atoms with van der Waals surface area (Å²) < 4.78 is 23.0. The minimum atomic E-state index is -0.782. The first-order valence-corrected chi connectivity index (χ1v) is 18.6. The number of esters is 2. The third-order valence-electron chi connectivity index (χ3n) is 9.13. The largest absolute Gasteiger partial charge is 0.493 e. The molecule has 2 N–H and O–H groups in total. The molecule has 2 heterocycles. The Bertz CT molecular complexity index is 1780. The number of piperazine rings is 1. The Morgan fingerprint density at radius 3 is 2.37 bits per heavy atom. The molecule has 1 unspecified atom stereocenters. The van der Waals surface area contributed by atoms with E-state index >= 15 is 0 Å². The van der Waals surface area contributed by atoms with Gasteiger partial charge in [-0.2, -0.15) is 0 Å². The Morgan fingerprint density at radius 1 is 0.942 bits per heavy atom. The second kappa shape index (κ2) is 18.9. The third kappa shape index (κ3) is 10.3. The quantitative estimate of drug-likeness (QED) is 0.125. The van der Waals surface area contributed by atoms with Gasteiger partial charge in [0.15, 0.2) is 11.5 Å². The molecule has 4 aromatic rings.